The summed E-state index contributed by atoms with van der Waals surface area (Å²) in [6.45, 7) is 1.99. The zero-order valence-electron chi connectivity index (χ0n) is 11.4. The lowest BCUT2D eigenvalue weighted by Crippen LogP contribution is -2.24. The van der Waals surface area contributed by atoms with Crippen LogP contribution in [0, 0.1) is 11.8 Å². The molecular weight excluding hydrogens is 290 g/mol. The van der Waals surface area contributed by atoms with Gasteiger partial charge in [-0.15, -0.1) is 0 Å². The molecule has 108 valence electrons. The maximum atomic E-state index is 12.2. The summed E-state index contributed by atoms with van der Waals surface area (Å²) in [5.41, 5.74) is 6.56. The van der Waals surface area contributed by atoms with E-state index in [0.29, 0.717) is 10.7 Å². The molecule has 0 aliphatic carbocycles. The van der Waals surface area contributed by atoms with Crippen molar-refractivity contribution in [3.05, 3.63) is 41.4 Å². The van der Waals surface area contributed by atoms with E-state index < -0.39 is 6.04 Å². The zero-order valence-corrected chi connectivity index (χ0v) is 12.1. The van der Waals surface area contributed by atoms with Crippen LogP contribution < -0.4 is 11.1 Å². The van der Waals surface area contributed by atoms with Gasteiger partial charge in [0.25, 0.3) is 0 Å². The number of hydrogen-bond acceptors (Lipinski definition) is 4. The molecule has 1 atom stereocenters. The Balaban J connectivity index is 2.16. The summed E-state index contributed by atoms with van der Waals surface area (Å²) in [5.74, 6) is 5.39. The number of amides is 1. The van der Waals surface area contributed by atoms with E-state index in [0.717, 1.165) is 5.56 Å². The van der Waals surface area contributed by atoms with Crippen LogP contribution in [0.2, 0.25) is 5.02 Å². The smallest absolute Gasteiger partial charge is 0.249 e. The third kappa shape index (κ3) is 3.81. The van der Waals surface area contributed by atoms with Crippen molar-refractivity contribution < 1.29 is 4.79 Å². The molecule has 0 saturated heterocycles. The molecule has 0 aliphatic heterocycles. The van der Waals surface area contributed by atoms with Crippen molar-refractivity contribution in [2.45, 2.75) is 13.0 Å². The maximum absolute atomic E-state index is 12.2. The van der Waals surface area contributed by atoms with Crippen molar-refractivity contribution in [3.8, 4) is 11.8 Å². The van der Waals surface area contributed by atoms with Crippen molar-refractivity contribution in [2.24, 2.45) is 5.73 Å². The number of hydrogen-bond donors (Lipinski definition) is 2. The molecule has 1 aromatic heterocycles. The first kappa shape index (κ1) is 15.0. The number of benzene rings is 1. The van der Waals surface area contributed by atoms with Gasteiger partial charge in [-0.25, -0.2) is 9.67 Å². The average molecular weight is 304 g/mol. The first-order chi connectivity index (χ1) is 10.1. The van der Waals surface area contributed by atoms with Crippen molar-refractivity contribution in [3.63, 3.8) is 0 Å². The maximum Gasteiger partial charge on any atom is 0.249 e. The Hall–Kier alpha value is -2.36. The number of carbonyl (C=O) groups excluding carboxylic acids is 1. The minimum atomic E-state index is -0.498. The minimum absolute atomic E-state index is 0.244. The highest BCUT2D eigenvalue weighted by atomic mass is 35.5. The number of aromatic nitrogens is 3. The number of nitrogens with two attached hydrogens (primary N) is 1. The second-order valence-corrected chi connectivity index (χ2v) is 4.65. The summed E-state index contributed by atoms with van der Waals surface area (Å²) in [6, 6.07) is 4.65. The molecule has 0 radical (unpaired) electrons. The Kier molecular flexibility index (Phi) is 4.93. The third-order valence-corrected chi connectivity index (χ3v) is 3.10. The van der Waals surface area contributed by atoms with Gasteiger partial charge < -0.3 is 11.1 Å². The highest BCUT2D eigenvalue weighted by molar-refractivity contribution is 6.33. The Morgan fingerprint density at radius 3 is 3.05 bits per heavy atom. The van der Waals surface area contributed by atoms with Crippen molar-refractivity contribution >= 4 is 23.2 Å². The number of rotatable bonds is 3. The van der Waals surface area contributed by atoms with Gasteiger partial charge in [-0.05, 0) is 25.1 Å². The Morgan fingerprint density at radius 1 is 1.57 bits per heavy atom. The summed E-state index contributed by atoms with van der Waals surface area (Å²) >= 11 is 6.08. The van der Waals surface area contributed by atoms with Gasteiger partial charge in [0.2, 0.25) is 5.91 Å². The van der Waals surface area contributed by atoms with Crippen LogP contribution >= 0.6 is 11.6 Å². The van der Waals surface area contributed by atoms with E-state index in [1.807, 2.05) is 0 Å². The molecule has 7 heteroatoms. The molecule has 1 unspecified atom stereocenters. The Bertz CT molecular complexity index is 687. The lowest BCUT2D eigenvalue weighted by Gasteiger charge is -2.13. The zero-order chi connectivity index (χ0) is 15.2. The molecule has 2 aromatic rings. The second kappa shape index (κ2) is 6.88. The standard InChI is InChI=1S/C14H14ClN5O/c1-10(20-9-17-8-18-20)14(21)19-13-7-11(3-2-6-16)4-5-12(13)15/h4-5,7-10H,6,16H2,1H3,(H,19,21). The fourth-order valence-corrected chi connectivity index (χ4v) is 1.79. The number of nitrogens with one attached hydrogen (secondary N) is 1. The molecule has 3 N–H and O–H groups in total. The van der Waals surface area contributed by atoms with Gasteiger partial charge in [0, 0.05) is 5.56 Å². The van der Waals surface area contributed by atoms with Gasteiger partial charge >= 0.3 is 0 Å². The highest BCUT2D eigenvalue weighted by Crippen LogP contribution is 2.23. The van der Waals surface area contributed by atoms with Gasteiger partial charge in [-0.1, -0.05) is 23.4 Å². The Labute approximate surface area is 127 Å². The molecular formula is C14H14ClN5O. The van der Waals surface area contributed by atoms with Gasteiger partial charge in [0.05, 0.1) is 17.3 Å². The number of halogens is 1. The third-order valence-electron chi connectivity index (χ3n) is 2.77. The molecule has 1 amide bonds. The molecule has 1 heterocycles. The first-order valence-electron chi connectivity index (χ1n) is 6.25. The van der Waals surface area contributed by atoms with Crippen LogP contribution in [0.5, 0.6) is 0 Å². The van der Waals surface area contributed by atoms with E-state index in [1.54, 1.807) is 25.1 Å². The largest absolute Gasteiger partial charge is 0.323 e. The number of anilines is 1. The molecule has 21 heavy (non-hydrogen) atoms. The number of carbonyl (C=O) groups is 1. The summed E-state index contributed by atoms with van der Waals surface area (Å²) < 4.78 is 1.46. The molecule has 0 bridgehead atoms. The van der Waals surface area contributed by atoms with Crippen LogP contribution in [-0.4, -0.2) is 27.2 Å². The van der Waals surface area contributed by atoms with Crippen LogP contribution in [0.4, 0.5) is 5.69 Å². The molecule has 0 saturated carbocycles. The number of nitrogens with zero attached hydrogens (tertiary/aromatic N) is 3. The predicted molar refractivity (Wildman–Crippen MR) is 80.7 cm³/mol. The van der Waals surface area contributed by atoms with Crippen molar-refractivity contribution in [1.82, 2.24) is 14.8 Å². The van der Waals surface area contributed by atoms with E-state index in [4.69, 9.17) is 17.3 Å². The van der Waals surface area contributed by atoms with Gasteiger partial charge in [0.15, 0.2) is 0 Å². The van der Waals surface area contributed by atoms with Crippen LogP contribution in [0.25, 0.3) is 0 Å². The Morgan fingerprint density at radius 2 is 2.38 bits per heavy atom. The summed E-state index contributed by atoms with van der Waals surface area (Å²) in [6.07, 6.45) is 2.86. The van der Waals surface area contributed by atoms with E-state index in [2.05, 4.69) is 27.2 Å². The lowest BCUT2D eigenvalue weighted by molar-refractivity contribution is -0.119. The lowest BCUT2D eigenvalue weighted by atomic mass is 10.2. The normalized spacial score (nSPS) is 11.4. The van der Waals surface area contributed by atoms with Crippen LogP contribution in [-0.2, 0) is 4.79 Å². The fraction of sp³-hybridized carbons (Fsp3) is 0.214. The van der Waals surface area contributed by atoms with Crippen LogP contribution in [0.1, 0.15) is 18.5 Å². The topological polar surface area (TPSA) is 85.8 Å². The first-order valence-corrected chi connectivity index (χ1v) is 6.63. The van der Waals surface area contributed by atoms with Crippen molar-refractivity contribution in [2.75, 3.05) is 11.9 Å². The average Bonchev–Trinajstić information content (AvgIpc) is 3.01. The predicted octanol–water partition coefficient (Wildman–Crippen LogP) is 1.44. The van der Waals surface area contributed by atoms with E-state index in [1.165, 1.54) is 17.3 Å². The van der Waals surface area contributed by atoms with Crippen LogP contribution in [0.3, 0.4) is 0 Å². The quantitative estimate of drug-likeness (QED) is 0.840. The van der Waals surface area contributed by atoms with Gasteiger partial charge in [0.1, 0.15) is 18.7 Å². The van der Waals surface area contributed by atoms with E-state index in [-0.39, 0.29) is 12.5 Å². The molecule has 0 spiro atoms. The molecule has 0 aliphatic rings. The highest BCUT2D eigenvalue weighted by Gasteiger charge is 2.16. The van der Waals surface area contributed by atoms with Gasteiger partial charge in [-0.2, -0.15) is 5.10 Å². The summed E-state index contributed by atoms with van der Waals surface area (Å²) in [7, 11) is 0. The molecule has 0 fully saturated rings. The molecule has 6 nitrogen and oxygen atoms in total. The summed E-state index contributed by atoms with van der Waals surface area (Å²) in [4.78, 5) is 16.0. The second-order valence-electron chi connectivity index (χ2n) is 4.24. The van der Waals surface area contributed by atoms with Gasteiger partial charge in [-0.3, -0.25) is 4.79 Å². The minimum Gasteiger partial charge on any atom is -0.323 e. The monoisotopic (exact) mass is 303 g/mol. The molecule has 2 rings (SSSR count). The fourth-order valence-electron chi connectivity index (χ4n) is 1.63. The van der Waals surface area contributed by atoms with Crippen LogP contribution in [0.15, 0.2) is 30.9 Å². The molecule has 1 aromatic carbocycles. The van der Waals surface area contributed by atoms with E-state index in [9.17, 15) is 4.79 Å². The summed E-state index contributed by atoms with van der Waals surface area (Å²) in [5, 5.41) is 7.13. The SMILES string of the molecule is CC(C(=O)Nc1cc(C#CCN)ccc1Cl)n1cncn1. The van der Waals surface area contributed by atoms with Crippen molar-refractivity contribution in [1.29, 1.82) is 0 Å². The van der Waals surface area contributed by atoms with E-state index >= 15 is 0 Å².